The van der Waals surface area contributed by atoms with E-state index in [-0.39, 0.29) is 0 Å². The quantitative estimate of drug-likeness (QED) is 0.700. The van der Waals surface area contributed by atoms with Crippen LogP contribution in [0.1, 0.15) is 34.6 Å². The van der Waals surface area contributed by atoms with Gasteiger partial charge in [0.15, 0.2) is 0 Å². The van der Waals surface area contributed by atoms with Gasteiger partial charge < -0.3 is 9.47 Å². The maximum atomic E-state index is 12.2. The highest BCUT2D eigenvalue weighted by atomic mass is 79.9. The van der Waals surface area contributed by atoms with Crippen molar-refractivity contribution in [2.24, 2.45) is 5.92 Å². The van der Waals surface area contributed by atoms with E-state index in [1.807, 2.05) is 0 Å². The van der Waals surface area contributed by atoms with Crippen LogP contribution >= 0.6 is 15.9 Å². The number of amides is 2. The van der Waals surface area contributed by atoms with Gasteiger partial charge in [-0.25, -0.2) is 0 Å². The van der Waals surface area contributed by atoms with E-state index in [9.17, 15) is 9.59 Å². The molecular weight excluding hydrogens is 400 g/mol. The fraction of sp³-hybridized carbons (Fsp3) is 0.263. The van der Waals surface area contributed by atoms with Crippen molar-refractivity contribution >= 4 is 27.7 Å². The molecule has 0 spiro atoms. The Morgan fingerprint density at radius 3 is 2.12 bits per heavy atom. The molecule has 0 aliphatic rings. The first-order valence-electron chi connectivity index (χ1n) is 8.07. The molecule has 2 aromatic rings. The van der Waals surface area contributed by atoms with E-state index in [4.69, 9.17) is 9.47 Å². The van der Waals surface area contributed by atoms with Crippen LogP contribution in [0.2, 0.25) is 0 Å². The van der Waals surface area contributed by atoms with Crippen molar-refractivity contribution in [1.29, 1.82) is 0 Å². The Kier molecular flexibility index (Phi) is 7.03. The predicted octanol–water partition coefficient (Wildman–Crippen LogP) is 3.57. The molecule has 6 nitrogen and oxygen atoms in total. The van der Waals surface area contributed by atoms with Gasteiger partial charge in [-0.1, -0.05) is 13.8 Å². The Morgan fingerprint density at radius 1 is 1.00 bits per heavy atom. The van der Waals surface area contributed by atoms with Crippen LogP contribution in [0, 0.1) is 5.92 Å². The summed E-state index contributed by atoms with van der Waals surface area (Å²) in [6.45, 7) is 4.70. The largest absolute Gasteiger partial charge is 0.497 e. The summed E-state index contributed by atoms with van der Waals surface area (Å²) in [7, 11) is 1.55. The van der Waals surface area contributed by atoms with Crippen LogP contribution in [0.4, 0.5) is 0 Å². The second-order valence-electron chi connectivity index (χ2n) is 5.99. The predicted molar refractivity (Wildman–Crippen MR) is 102 cm³/mol. The number of halogens is 1. The zero-order valence-corrected chi connectivity index (χ0v) is 16.4. The van der Waals surface area contributed by atoms with Gasteiger partial charge in [0, 0.05) is 11.1 Å². The minimum Gasteiger partial charge on any atom is -0.497 e. The van der Waals surface area contributed by atoms with Gasteiger partial charge in [0.25, 0.3) is 11.8 Å². The first-order chi connectivity index (χ1) is 12.4. The number of benzene rings is 2. The third-order valence-electron chi connectivity index (χ3n) is 3.41. The molecule has 2 N–H and O–H groups in total. The van der Waals surface area contributed by atoms with Crippen molar-refractivity contribution in [2.75, 3.05) is 13.7 Å². The lowest BCUT2D eigenvalue weighted by molar-refractivity contribution is 0.0846. The first kappa shape index (κ1) is 19.8. The fourth-order valence-electron chi connectivity index (χ4n) is 2.02. The second-order valence-corrected chi connectivity index (χ2v) is 6.84. The van der Waals surface area contributed by atoms with E-state index >= 15 is 0 Å². The molecule has 0 aliphatic heterocycles. The van der Waals surface area contributed by atoms with E-state index in [0.29, 0.717) is 39.6 Å². The molecule has 0 bridgehead atoms. The lowest BCUT2D eigenvalue weighted by atomic mass is 10.2. The molecule has 2 amide bonds. The molecule has 7 heteroatoms. The highest BCUT2D eigenvalue weighted by molar-refractivity contribution is 9.10. The number of carbonyl (C=O) groups is 2. The molecule has 0 atom stereocenters. The Morgan fingerprint density at radius 2 is 1.58 bits per heavy atom. The molecule has 2 rings (SSSR count). The number of hydrazine groups is 1. The number of methoxy groups -OCH3 is 1. The third kappa shape index (κ3) is 5.49. The number of hydrogen-bond donors (Lipinski definition) is 2. The molecule has 0 aromatic heterocycles. The normalized spacial score (nSPS) is 10.3. The van der Waals surface area contributed by atoms with E-state index in [0.717, 1.165) is 0 Å². The van der Waals surface area contributed by atoms with Crippen molar-refractivity contribution < 1.29 is 19.1 Å². The third-order valence-corrected chi connectivity index (χ3v) is 4.03. The van der Waals surface area contributed by atoms with Crippen LogP contribution in [0.25, 0.3) is 0 Å². The SMILES string of the molecule is COc1ccc(C(=O)NNC(=O)c2ccc(OCC(C)C)c(Br)c2)cc1. The minimum atomic E-state index is -0.428. The Labute approximate surface area is 161 Å². The Hall–Kier alpha value is -2.54. The van der Waals surface area contributed by atoms with E-state index < -0.39 is 11.8 Å². The van der Waals surface area contributed by atoms with Gasteiger partial charge in [0.05, 0.1) is 18.2 Å². The second kappa shape index (κ2) is 9.24. The maximum absolute atomic E-state index is 12.2. The van der Waals surface area contributed by atoms with Gasteiger partial charge in [-0.2, -0.15) is 0 Å². The van der Waals surface area contributed by atoms with Gasteiger partial charge in [-0.3, -0.25) is 20.4 Å². The summed E-state index contributed by atoms with van der Waals surface area (Å²) in [5.74, 6) is 0.866. The molecule has 138 valence electrons. The number of nitrogens with one attached hydrogen (secondary N) is 2. The average molecular weight is 421 g/mol. The first-order valence-corrected chi connectivity index (χ1v) is 8.87. The number of hydrogen-bond acceptors (Lipinski definition) is 4. The zero-order valence-electron chi connectivity index (χ0n) is 14.8. The molecule has 0 fully saturated rings. The summed E-state index contributed by atoms with van der Waals surface area (Å²) >= 11 is 3.39. The summed E-state index contributed by atoms with van der Waals surface area (Å²) in [6.07, 6.45) is 0. The lowest BCUT2D eigenvalue weighted by Crippen LogP contribution is -2.41. The number of rotatable bonds is 6. The van der Waals surface area contributed by atoms with Gasteiger partial charge in [0.1, 0.15) is 11.5 Å². The number of ether oxygens (including phenoxy) is 2. The van der Waals surface area contributed by atoms with Gasteiger partial charge in [0.2, 0.25) is 0 Å². The molecule has 0 unspecified atom stereocenters. The van der Waals surface area contributed by atoms with Crippen LogP contribution in [0.3, 0.4) is 0 Å². The lowest BCUT2D eigenvalue weighted by Gasteiger charge is -2.12. The molecule has 0 aliphatic carbocycles. The highest BCUT2D eigenvalue weighted by Crippen LogP contribution is 2.26. The minimum absolute atomic E-state index is 0.392. The summed E-state index contributed by atoms with van der Waals surface area (Å²) in [5.41, 5.74) is 5.57. The summed E-state index contributed by atoms with van der Waals surface area (Å²) in [5, 5.41) is 0. The van der Waals surface area contributed by atoms with Gasteiger partial charge in [-0.15, -0.1) is 0 Å². The molecule has 2 aromatic carbocycles. The summed E-state index contributed by atoms with van der Waals surface area (Å²) in [4.78, 5) is 24.3. The standard InChI is InChI=1S/C19H21BrN2O4/c1-12(2)11-26-17-9-6-14(10-16(17)20)19(24)22-21-18(23)13-4-7-15(25-3)8-5-13/h4-10,12H,11H2,1-3H3,(H,21,23)(H,22,24). The van der Waals surface area contributed by atoms with Crippen LogP contribution in [0.5, 0.6) is 11.5 Å². The highest BCUT2D eigenvalue weighted by Gasteiger charge is 2.12. The van der Waals surface area contributed by atoms with Crippen molar-refractivity contribution in [1.82, 2.24) is 10.9 Å². The monoisotopic (exact) mass is 420 g/mol. The Balaban J connectivity index is 1.94. The van der Waals surface area contributed by atoms with Crippen molar-refractivity contribution in [3.05, 3.63) is 58.1 Å². The molecular formula is C19H21BrN2O4. The fourth-order valence-corrected chi connectivity index (χ4v) is 2.51. The number of carbonyl (C=O) groups excluding carboxylic acids is 2. The van der Waals surface area contributed by atoms with Crippen molar-refractivity contribution in [3.8, 4) is 11.5 Å². The zero-order chi connectivity index (χ0) is 19.1. The maximum Gasteiger partial charge on any atom is 0.269 e. The molecule has 0 heterocycles. The average Bonchev–Trinajstić information content (AvgIpc) is 2.64. The Bertz CT molecular complexity index is 776. The van der Waals surface area contributed by atoms with E-state index in [1.54, 1.807) is 49.6 Å². The molecule has 0 radical (unpaired) electrons. The van der Waals surface area contributed by atoms with Gasteiger partial charge >= 0.3 is 0 Å². The van der Waals surface area contributed by atoms with Crippen molar-refractivity contribution in [2.45, 2.75) is 13.8 Å². The summed E-state index contributed by atoms with van der Waals surface area (Å²) < 4.78 is 11.4. The van der Waals surface area contributed by atoms with Crippen molar-refractivity contribution in [3.63, 3.8) is 0 Å². The van der Waals surface area contributed by atoms with E-state index in [1.165, 1.54) is 0 Å². The molecule has 0 saturated heterocycles. The van der Waals surface area contributed by atoms with Crippen LogP contribution in [-0.2, 0) is 0 Å². The molecule has 0 saturated carbocycles. The van der Waals surface area contributed by atoms with Crippen LogP contribution < -0.4 is 20.3 Å². The van der Waals surface area contributed by atoms with E-state index in [2.05, 4.69) is 40.6 Å². The van der Waals surface area contributed by atoms with Crippen LogP contribution in [-0.4, -0.2) is 25.5 Å². The topological polar surface area (TPSA) is 76.7 Å². The molecule has 26 heavy (non-hydrogen) atoms. The van der Waals surface area contributed by atoms with Gasteiger partial charge in [-0.05, 0) is 64.3 Å². The van der Waals surface area contributed by atoms with Crippen LogP contribution in [0.15, 0.2) is 46.9 Å². The summed E-state index contributed by atoms with van der Waals surface area (Å²) in [6, 6.07) is 11.6. The smallest absolute Gasteiger partial charge is 0.269 e.